The van der Waals surface area contributed by atoms with Gasteiger partial charge in [-0.2, -0.15) is 0 Å². The SMILES string of the molecule is [C-]#[N+]c1ccc(C(Nc2cccnc2)c2cccnc2)cc1. The number of aromatic nitrogens is 2. The van der Waals surface area contributed by atoms with E-state index in [4.69, 9.17) is 6.57 Å². The van der Waals surface area contributed by atoms with Crippen LogP contribution >= 0.6 is 0 Å². The number of hydrogen-bond donors (Lipinski definition) is 1. The lowest BCUT2D eigenvalue weighted by Crippen LogP contribution is -2.12. The maximum absolute atomic E-state index is 7.06. The highest BCUT2D eigenvalue weighted by atomic mass is 14.9. The molecule has 0 aliphatic carbocycles. The van der Waals surface area contributed by atoms with Gasteiger partial charge in [-0.15, -0.1) is 0 Å². The molecule has 0 aliphatic heterocycles. The number of rotatable bonds is 4. The molecule has 3 rings (SSSR count). The predicted molar refractivity (Wildman–Crippen MR) is 86.6 cm³/mol. The molecule has 22 heavy (non-hydrogen) atoms. The highest BCUT2D eigenvalue weighted by Crippen LogP contribution is 2.27. The molecular weight excluding hydrogens is 272 g/mol. The molecule has 1 unspecified atom stereocenters. The Hall–Kier alpha value is -3.19. The Morgan fingerprint density at radius 3 is 2.18 bits per heavy atom. The topological polar surface area (TPSA) is 42.2 Å². The summed E-state index contributed by atoms with van der Waals surface area (Å²) in [7, 11) is 0. The molecule has 0 radical (unpaired) electrons. The molecule has 0 amide bonds. The second-order valence-corrected chi connectivity index (χ2v) is 4.81. The first-order valence-electron chi connectivity index (χ1n) is 6.91. The quantitative estimate of drug-likeness (QED) is 0.730. The average molecular weight is 286 g/mol. The number of nitrogens with one attached hydrogen (secondary N) is 1. The molecule has 4 heteroatoms. The molecule has 0 fully saturated rings. The van der Waals surface area contributed by atoms with Crippen LogP contribution in [0.1, 0.15) is 17.2 Å². The van der Waals surface area contributed by atoms with E-state index in [1.54, 1.807) is 18.6 Å². The summed E-state index contributed by atoms with van der Waals surface area (Å²) in [6, 6.07) is 15.4. The van der Waals surface area contributed by atoms with Crippen LogP contribution in [0.4, 0.5) is 11.4 Å². The molecule has 4 nitrogen and oxygen atoms in total. The molecule has 0 bridgehead atoms. The number of anilines is 1. The summed E-state index contributed by atoms with van der Waals surface area (Å²) in [4.78, 5) is 11.8. The van der Waals surface area contributed by atoms with Crippen molar-refractivity contribution in [2.75, 3.05) is 5.32 Å². The number of nitrogens with zero attached hydrogens (tertiary/aromatic N) is 3. The largest absolute Gasteiger partial charge is 0.373 e. The molecule has 2 heterocycles. The van der Waals surface area contributed by atoms with Crippen molar-refractivity contribution in [1.29, 1.82) is 0 Å². The minimum atomic E-state index is -0.0438. The van der Waals surface area contributed by atoms with E-state index in [1.807, 2.05) is 54.7 Å². The summed E-state index contributed by atoms with van der Waals surface area (Å²) in [5.41, 5.74) is 3.70. The van der Waals surface area contributed by atoms with Gasteiger partial charge < -0.3 is 5.32 Å². The molecule has 1 N–H and O–H groups in total. The fourth-order valence-electron chi connectivity index (χ4n) is 2.26. The molecule has 0 saturated heterocycles. The minimum absolute atomic E-state index is 0.0438. The number of benzene rings is 1. The van der Waals surface area contributed by atoms with Crippen LogP contribution in [0.3, 0.4) is 0 Å². The van der Waals surface area contributed by atoms with Crippen LogP contribution in [0.2, 0.25) is 0 Å². The third kappa shape index (κ3) is 3.10. The molecule has 0 spiro atoms. The molecule has 106 valence electrons. The van der Waals surface area contributed by atoms with Crippen molar-refractivity contribution in [3.63, 3.8) is 0 Å². The van der Waals surface area contributed by atoms with Crippen molar-refractivity contribution in [1.82, 2.24) is 9.97 Å². The Morgan fingerprint density at radius 2 is 1.59 bits per heavy atom. The van der Waals surface area contributed by atoms with Crippen molar-refractivity contribution in [2.45, 2.75) is 6.04 Å². The fraction of sp³-hybridized carbons (Fsp3) is 0.0556. The molecular formula is C18H14N4. The number of hydrogen-bond acceptors (Lipinski definition) is 3. The van der Waals surface area contributed by atoms with Gasteiger partial charge in [0, 0.05) is 24.8 Å². The lowest BCUT2D eigenvalue weighted by molar-refractivity contribution is 0.926. The second-order valence-electron chi connectivity index (χ2n) is 4.81. The van der Waals surface area contributed by atoms with Gasteiger partial charge in [-0.25, -0.2) is 4.85 Å². The van der Waals surface area contributed by atoms with E-state index in [2.05, 4.69) is 20.1 Å². The van der Waals surface area contributed by atoms with Gasteiger partial charge >= 0.3 is 0 Å². The van der Waals surface area contributed by atoms with E-state index in [0.717, 1.165) is 16.8 Å². The maximum atomic E-state index is 7.06. The van der Waals surface area contributed by atoms with E-state index in [9.17, 15) is 0 Å². The summed E-state index contributed by atoms with van der Waals surface area (Å²) >= 11 is 0. The van der Waals surface area contributed by atoms with Crippen molar-refractivity contribution in [2.24, 2.45) is 0 Å². The van der Waals surface area contributed by atoms with Crippen LogP contribution in [0, 0.1) is 6.57 Å². The first-order valence-corrected chi connectivity index (χ1v) is 6.91. The van der Waals surface area contributed by atoms with E-state index in [0.29, 0.717) is 5.69 Å². The van der Waals surface area contributed by atoms with Crippen molar-refractivity contribution < 1.29 is 0 Å². The van der Waals surface area contributed by atoms with E-state index < -0.39 is 0 Å². The lowest BCUT2D eigenvalue weighted by Gasteiger charge is -2.20. The number of pyridine rings is 2. The smallest absolute Gasteiger partial charge is 0.187 e. The highest BCUT2D eigenvalue weighted by molar-refractivity contribution is 5.51. The second kappa shape index (κ2) is 6.51. The van der Waals surface area contributed by atoms with Gasteiger partial charge in [-0.1, -0.05) is 30.3 Å². The van der Waals surface area contributed by atoms with Gasteiger partial charge in [0.15, 0.2) is 5.69 Å². The van der Waals surface area contributed by atoms with Crippen LogP contribution in [-0.2, 0) is 0 Å². The van der Waals surface area contributed by atoms with Crippen LogP contribution < -0.4 is 5.32 Å². The van der Waals surface area contributed by atoms with Gasteiger partial charge in [0.25, 0.3) is 0 Å². The zero-order valence-electron chi connectivity index (χ0n) is 11.8. The van der Waals surface area contributed by atoms with Gasteiger partial charge in [0.2, 0.25) is 0 Å². The molecule has 2 aromatic heterocycles. The molecule has 3 aromatic rings. The Labute approximate surface area is 129 Å². The third-order valence-electron chi connectivity index (χ3n) is 3.35. The van der Waals surface area contributed by atoms with Crippen LogP contribution in [0.25, 0.3) is 4.85 Å². The Balaban J connectivity index is 1.97. The molecule has 1 atom stereocenters. The highest BCUT2D eigenvalue weighted by Gasteiger charge is 2.14. The van der Waals surface area contributed by atoms with E-state index >= 15 is 0 Å². The lowest BCUT2D eigenvalue weighted by atomic mass is 9.99. The van der Waals surface area contributed by atoms with Crippen molar-refractivity contribution in [3.8, 4) is 0 Å². The molecule has 0 saturated carbocycles. The predicted octanol–water partition coefficient (Wildman–Crippen LogP) is 4.23. The summed E-state index contributed by atoms with van der Waals surface area (Å²) in [6.45, 7) is 7.06. The maximum Gasteiger partial charge on any atom is 0.187 e. The Bertz CT molecular complexity index is 762. The average Bonchev–Trinajstić information content (AvgIpc) is 2.61. The normalized spacial score (nSPS) is 11.4. The van der Waals surface area contributed by atoms with Crippen LogP contribution in [0.5, 0.6) is 0 Å². The zero-order valence-corrected chi connectivity index (χ0v) is 11.8. The van der Waals surface area contributed by atoms with Crippen molar-refractivity contribution in [3.05, 3.63) is 95.9 Å². The monoisotopic (exact) mass is 286 g/mol. The first-order chi connectivity index (χ1) is 10.9. The summed E-state index contributed by atoms with van der Waals surface area (Å²) in [5, 5.41) is 3.47. The third-order valence-corrected chi connectivity index (χ3v) is 3.35. The van der Waals surface area contributed by atoms with E-state index in [-0.39, 0.29) is 6.04 Å². The summed E-state index contributed by atoms with van der Waals surface area (Å²) in [6.07, 6.45) is 7.13. The van der Waals surface area contributed by atoms with Gasteiger partial charge in [0.05, 0.1) is 18.3 Å². The zero-order chi connectivity index (χ0) is 15.2. The summed E-state index contributed by atoms with van der Waals surface area (Å²) < 4.78 is 0. The standard InChI is InChI=1S/C18H14N4/c1-19-16-8-6-14(7-9-16)18(15-4-2-10-20-12-15)22-17-5-3-11-21-13-17/h2-13,18,22H. The van der Waals surface area contributed by atoms with E-state index in [1.165, 1.54) is 0 Å². The minimum Gasteiger partial charge on any atom is -0.373 e. The molecule has 0 aliphatic rings. The Kier molecular flexibility index (Phi) is 4.08. The molecule has 1 aromatic carbocycles. The first kappa shape index (κ1) is 13.8. The van der Waals surface area contributed by atoms with Crippen LogP contribution in [0.15, 0.2) is 73.3 Å². The summed E-state index contributed by atoms with van der Waals surface area (Å²) in [5.74, 6) is 0. The van der Waals surface area contributed by atoms with Gasteiger partial charge in [-0.3, -0.25) is 9.97 Å². The van der Waals surface area contributed by atoms with Gasteiger partial charge in [0.1, 0.15) is 0 Å². The van der Waals surface area contributed by atoms with Gasteiger partial charge in [-0.05, 0) is 29.3 Å². The fourth-order valence-corrected chi connectivity index (χ4v) is 2.26. The Morgan fingerprint density at radius 1 is 0.864 bits per heavy atom. The van der Waals surface area contributed by atoms with Crippen LogP contribution in [-0.4, -0.2) is 9.97 Å². The van der Waals surface area contributed by atoms with Crippen molar-refractivity contribution >= 4 is 11.4 Å².